The molecule has 2 aliphatic carbocycles. The standard InChI is InChI=1S/C17H24N4O4/c1-8(5-13(18)22)15(23)20-11-6-12(7-11)21-16(24)14-9(2)19-17(25-14)10-3-4-10/h8,10-12H,3-7H2,1-2H3,(H2,18,22)(H,20,23)(H,21,24). The summed E-state index contributed by atoms with van der Waals surface area (Å²) < 4.78 is 5.59. The third-order valence-electron chi connectivity index (χ3n) is 4.72. The van der Waals surface area contributed by atoms with Crippen molar-refractivity contribution in [1.82, 2.24) is 15.6 Å². The first-order valence-electron chi connectivity index (χ1n) is 8.70. The molecule has 2 aliphatic rings. The molecule has 1 aromatic rings. The number of nitrogens with zero attached hydrogens (tertiary/aromatic N) is 1. The predicted octanol–water partition coefficient (Wildman–Crippen LogP) is 0.749. The van der Waals surface area contributed by atoms with Crippen molar-refractivity contribution >= 4 is 17.7 Å². The molecule has 8 nitrogen and oxygen atoms in total. The van der Waals surface area contributed by atoms with E-state index in [9.17, 15) is 14.4 Å². The van der Waals surface area contributed by atoms with Crippen molar-refractivity contribution in [1.29, 1.82) is 0 Å². The minimum atomic E-state index is -0.491. The van der Waals surface area contributed by atoms with Gasteiger partial charge >= 0.3 is 0 Å². The maximum Gasteiger partial charge on any atom is 0.289 e. The van der Waals surface area contributed by atoms with E-state index in [2.05, 4.69) is 15.6 Å². The Morgan fingerprint density at radius 2 is 1.88 bits per heavy atom. The number of aromatic nitrogens is 1. The lowest BCUT2D eigenvalue weighted by atomic mass is 9.86. The second-order valence-corrected chi connectivity index (χ2v) is 7.16. The van der Waals surface area contributed by atoms with Crippen LogP contribution in [0, 0.1) is 12.8 Å². The number of oxazole rings is 1. The van der Waals surface area contributed by atoms with E-state index >= 15 is 0 Å². The van der Waals surface area contributed by atoms with Crippen LogP contribution in [0.5, 0.6) is 0 Å². The monoisotopic (exact) mass is 348 g/mol. The number of hydrogen-bond acceptors (Lipinski definition) is 5. The summed E-state index contributed by atoms with van der Waals surface area (Å²) in [5.74, 6) is -0.0685. The summed E-state index contributed by atoms with van der Waals surface area (Å²) >= 11 is 0. The number of carbonyl (C=O) groups excluding carboxylic acids is 3. The van der Waals surface area contributed by atoms with E-state index in [1.165, 1.54) is 0 Å². The molecule has 1 aromatic heterocycles. The van der Waals surface area contributed by atoms with Crippen molar-refractivity contribution in [3.63, 3.8) is 0 Å². The van der Waals surface area contributed by atoms with Crippen LogP contribution in [0.2, 0.25) is 0 Å². The fourth-order valence-electron chi connectivity index (χ4n) is 2.98. The molecule has 1 unspecified atom stereocenters. The number of rotatable bonds is 7. The van der Waals surface area contributed by atoms with E-state index in [0.29, 0.717) is 30.3 Å². The molecular formula is C17H24N4O4. The van der Waals surface area contributed by atoms with E-state index in [-0.39, 0.29) is 36.1 Å². The lowest BCUT2D eigenvalue weighted by Gasteiger charge is -2.36. The third-order valence-corrected chi connectivity index (χ3v) is 4.72. The molecule has 1 heterocycles. The number of amides is 3. The number of hydrogen-bond donors (Lipinski definition) is 3. The van der Waals surface area contributed by atoms with Gasteiger partial charge in [0, 0.05) is 30.3 Å². The Bertz CT molecular complexity index is 689. The number of primary amides is 1. The van der Waals surface area contributed by atoms with E-state index in [4.69, 9.17) is 10.2 Å². The van der Waals surface area contributed by atoms with Gasteiger partial charge in [0.2, 0.25) is 17.6 Å². The average molecular weight is 348 g/mol. The number of nitrogens with one attached hydrogen (secondary N) is 2. The Morgan fingerprint density at radius 3 is 2.48 bits per heavy atom. The van der Waals surface area contributed by atoms with Gasteiger partial charge in [-0.1, -0.05) is 6.92 Å². The number of carbonyl (C=O) groups is 3. The lowest BCUT2D eigenvalue weighted by Crippen LogP contribution is -2.54. The highest BCUT2D eigenvalue weighted by molar-refractivity contribution is 5.92. The first-order chi connectivity index (χ1) is 11.8. The van der Waals surface area contributed by atoms with Crippen LogP contribution in [0.1, 0.15) is 67.1 Å². The Morgan fingerprint density at radius 1 is 1.24 bits per heavy atom. The van der Waals surface area contributed by atoms with Crippen LogP contribution < -0.4 is 16.4 Å². The number of nitrogens with two attached hydrogens (primary N) is 1. The van der Waals surface area contributed by atoms with E-state index in [0.717, 1.165) is 12.8 Å². The third kappa shape index (κ3) is 4.18. The van der Waals surface area contributed by atoms with Crippen molar-refractivity contribution in [2.75, 3.05) is 0 Å². The molecule has 2 fully saturated rings. The normalized spacial score (nSPS) is 23.4. The van der Waals surface area contributed by atoms with Crippen LogP contribution in [0.25, 0.3) is 0 Å². The zero-order valence-corrected chi connectivity index (χ0v) is 14.5. The van der Waals surface area contributed by atoms with Gasteiger partial charge in [-0.25, -0.2) is 4.98 Å². The summed E-state index contributed by atoms with van der Waals surface area (Å²) in [5, 5.41) is 5.78. The fourth-order valence-corrected chi connectivity index (χ4v) is 2.98. The van der Waals surface area contributed by atoms with Crippen LogP contribution in [0.4, 0.5) is 0 Å². The molecule has 3 amide bonds. The molecule has 1 atom stereocenters. The predicted molar refractivity (Wildman–Crippen MR) is 88.6 cm³/mol. The molecule has 0 aliphatic heterocycles. The minimum Gasteiger partial charge on any atom is -0.435 e. The first-order valence-corrected chi connectivity index (χ1v) is 8.70. The Kier molecular flexibility index (Phi) is 4.78. The van der Waals surface area contributed by atoms with Gasteiger partial charge in [0.15, 0.2) is 5.89 Å². The van der Waals surface area contributed by atoms with Crippen molar-refractivity contribution in [3.05, 3.63) is 17.3 Å². The smallest absolute Gasteiger partial charge is 0.289 e. The molecule has 2 saturated carbocycles. The molecule has 4 N–H and O–H groups in total. The summed E-state index contributed by atoms with van der Waals surface area (Å²) in [6.07, 6.45) is 3.48. The van der Waals surface area contributed by atoms with Crippen molar-refractivity contribution in [3.8, 4) is 0 Å². The van der Waals surface area contributed by atoms with Crippen molar-refractivity contribution in [2.24, 2.45) is 11.7 Å². The highest BCUT2D eigenvalue weighted by Crippen LogP contribution is 2.40. The van der Waals surface area contributed by atoms with Crippen molar-refractivity contribution < 1.29 is 18.8 Å². The van der Waals surface area contributed by atoms with E-state index in [1.54, 1.807) is 13.8 Å². The van der Waals surface area contributed by atoms with Crippen LogP contribution in [0.3, 0.4) is 0 Å². The SMILES string of the molecule is Cc1nc(C2CC2)oc1C(=O)NC1CC(NC(=O)C(C)CC(N)=O)C1. The van der Waals surface area contributed by atoms with Gasteiger partial charge in [0.1, 0.15) is 0 Å². The van der Waals surface area contributed by atoms with Gasteiger partial charge < -0.3 is 20.8 Å². The van der Waals surface area contributed by atoms with Gasteiger partial charge in [-0.05, 0) is 32.6 Å². The molecule has 8 heteroatoms. The zero-order valence-electron chi connectivity index (χ0n) is 14.5. The molecule has 25 heavy (non-hydrogen) atoms. The summed E-state index contributed by atoms with van der Waals surface area (Å²) in [7, 11) is 0. The maximum atomic E-state index is 12.3. The maximum absolute atomic E-state index is 12.3. The average Bonchev–Trinajstić information content (AvgIpc) is 3.26. The second-order valence-electron chi connectivity index (χ2n) is 7.16. The fraction of sp³-hybridized carbons (Fsp3) is 0.647. The Labute approximate surface area is 145 Å². The summed E-state index contributed by atoms with van der Waals surface area (Å²) in [6.45, 7) is 3.44. The zero-order chi connectivity index (χ0) is 18.1. The first kappa shape index (κ1) is 17.4. The highest BCUT2D eigenvalue weighted by atomic mass is 16.4. The van der Waals surface area contributed by atoms with Crippen molar-refractivity contribution in [2.45, 2.75) is 64.0 Å². The van der Waals surface area contributed by atoms with E-state index < -0.39 is 11.8 Å². The van der Waals surface area contributed by atoms with Crippen LogP contribution in [-0.2, 0) is 9.59 Å². The molecule has 0 aromatic carbocycles. The lowest BCUT2D eigenvalue weighted by molar-refractivity contribution is -0.129. The second kappa shape index (κ2) is 6.85. The Hall–Kier alpha value is -2.38. The molecular weight excluding hydrogens is 324 g/mol. The van der Waals surface area contributed by atoms with Gasteiger partial charge in [0.05, 0.1) is 5.69 Å². The van der Waals surface area contributed by atoms with Crippen LogP contribution >= 0.6 is 0 Å². The Balaban J connectivity index is 1.43. The van der Waals surface area contributed by atoms with Crippen LogP contribution in [-0.4, -0.2) is 34.8 Å². The molecule has 0 spiro atoms. The molecule has 3 rings (SSSR count). The largest absolute Gasteiger partial charge is 0.435 e. The number of aryl methyl sites for hydroxylation is 1. The summed E-state index contributed by atoms with van der Waals surface area (Å²) in [4.78, 5) is 39.4. The summed E-state index contributed by atoms with van der Waals surface area (Å²) in [6, 6.07) is 0.00379. The minimum absolute atomic E-state index is 0.00174. The molecule has 0 radical (unpaired) electrons. The van der Waals surface area contributed by atoms with Crippen LogP contribution in [0.15, 0.2) is 4.42 Å². The van der Waals surface area contributed by atoms with Gasteiger partial charge in [-0.3, -0.25) is 14.4 Å². The quantitative estimate of drug-likeness (QED) is 0.670. The topological polar surface area (TPSA) is 127 Å². The van der Waals surface area contributed by atoms with Gasteiger partial charge in [0.25, 0.3) is 5.91 Å². The molecule has 0 bridgehead atoms. The molecule has 0 saturated heterocycles. The molecule has 136 valence electrons. The van der Waals surface area contributed by atoms with E-state index in [1.807, 2.05) is 0 Å². The highest BCUT2D eigenvalue weighted by Gasteiger charge is 2.35. The van der Waals surface area contributed by atoms with Gasteiger partial charge in [-0.15, -0.1) is 0 Å². The summed E-state index contributed by atoms with van der Waals surface area (Å²) in [5.41, 5.74) is 5.71. The van der Waals surface area contributed by atoms with Gasteiger partial charge in [-0.2, -0.15) is 0 Å².